The molecule has 1 aromatic heterocycles. The molecule has 3 rings (SSSR count). The van der Waals surface area contributed by atoms with Crippen LogP contribution in [0.2, 0.25) is 0 Å². The summed E-state index contributed by atoms with van der Waals surface area (Å²) < 4.78 is 11.0. The van der Waals surface area contributed by atoms with E-state index in [9.17, 15) is 4.79 Å². The summed E-state index contributed by atoms with van der Waals surface area (Å²) in [6.07, 6.45) is 3.27. The van der Waals surface area contributed by atoms with E-state index in [0.717, 1.165) is 57.0 Å². The number of carbonyl (C=O) groups excluding carboxylic acids is 1. The maximum absolute atomic E-state index is 12.8. The number of aromatic nitrogens is 1. The Hall–Kier alpha value is -1.40. The van der Waals surface area contributed by atoms with E-state index in [0.29, 0.717) is 12.3 Å². The first kappa shape index (κ1) is 16.5. The van der Waals surface area contributed by atoms with E-state index in [-0.39, 0.29) is 11.9 Å². The first-order chi connectivity index (χ1) is 11.1. The van der Waals surface area contributed by atoms with Gasteiger partial charge in [0, 0.05) is 31.1 Å². The number of nitrogens with zero attached hydrogens (tertiary/aromatic N) is 1. The van der Waals surface area contributed by atoms with Gasteiger partial charge in [0.05, 0.1) is 17.7 Å². The largest absolute Gasteiger partial charge is 0.381 e. The molecule has 0 unspecified atom stereocenters. The summed E-state index contributed by atoms with van der Waals surface area (Å²) in [4.78, 5) is 12.8. The second kappa shape index (κ2) is 7.01. The minimum atomic E-state index is -0.390. The highest BCUT2D eigenvalue weighted by Crippen LogP contribution is 2.35. The molecule has 2 aliphatic rings. The number of hydrogen-bond donors (Lipinski definition) is 2. The molecule has 23 heavy (non-hydrogen) atoms. The Bertz CT molecular complexity index is 529. The van der Waals surface area contributed by atoms with Crippen molar-refractivity contribution < 1.29 is 14.1 Å². The summed E-state index contributed by atoms with van der Waals surface area (Å²) >= 11 is 0. The van der Waals surface area contributed by atoms with Gasteiger partial charge in [0.2, 0.25) is 5.91 Å². The van der Waals surface area contributed by atoms with E-state index < -0.39 is 5.41 Å². The zero-order valence-corrected chi connectivity index (χ0v) is 14.1. The number of nitrogens with one attached hydrogen (secondary N) is 2. The molecule has 1 aromatic rings. The van der Waals surface area contributed by atoms with Gasteiger partial charge < -0.3 is 19.9 Å². The monoisotopic (exact) mass is 321 g/mol. The Balaban J connectivity index is 1.74. The lowest BCUT2D eigenvalue weighted by molar-refractivity contribution is -0.133. The van der Waals surface area contributed by atoms with Crippen molar-refractivity contribution in [3.63, 3.8) is 0 Å². The molecule has 0 spiro atoms. The Kier molecular flexibility index (Phi) is 5.02. The van der Waals surface area contributed by atoms with Crippen LogP contribution in [0.4, 0.5) is 0 Å². The van der Waals surface area contributed by atoms with Crippen molar-refractivity contribution in [3.8, 4) is 0 Å². The Morgan fingerprint density at radius 2 is 2.26 bits per heavy atom. The number of hydrogen-bond acceptors (Lipinski definition) is 5. The smallest absolute Gasteiger partial charge is 0.226 e. The summed E-state index contributed by atoms with van der Waals surface area (Å²) in [7, 11) is 0. The number of amides is 1. The van der Waals surface area contributed by atoms with E-state index in [4.69, 9.17) is 9.26 Å². The lowest BCUT2D eigenvalue weighted by Crippen LogP contribution is -2.50. The minimum absolute atomic E-state index is 0.135. The normalized spacial score (nSPS) is 24.0. The van der Waals surface area contributed by atoms with Gasteiger partial charge in [0.25, 0.3) is 0 Å². The van der Waals surface area contributed by atoms with Crippen molar-refractivity contribution in [1.29, 1.82) is 0 Å². The van der Waals surface area contributed by atoms with Crippen LogP contribution in [-0.2, 0) is 16.0 Å². The summed E-state index contributed by atoms with van der Waals surface area (Å²) in [5, 5.41) is 10.6. The second-order valence-corrected chi connectivity index (χ2v) is 7.11. The van der Waals surface area contributed by atoms with Crippen LogP contribution in [0, 0.1) is 5.41 Å². The molecule has 1 amide bonds. The maximum Gasteiger partial charge on any atom is 0.226 e. The average Bonchev–Trinajstić information content (AvgIpc) is 3.18. The van der Waals surface area contributed by atoms with Crippen LogP contribution >= 0.6 is 0 Å². The highest BCUT2D eigenvalue weighted by Gasteiger charge is 2.41. The second-order valence-electron chi connectivity index (χ2n) is 7.11. The molecule has 0 radical (unpaired) electrons. The van der Waals surface area contributed by atoms with E-state index in [2.05, 4.69) is 15.8 Å². The fraction of sp³-hybridized carbons (Fsp3) is 0.765. The van der Waals surface area contributed by atoms with Crippen LogP contribution in [0.5, 0.6) is 0 Å². The molecular weight excluding hydrogens is 294 g/mol. The molecule has 0 bridgehead atoms. The first-order valence-corrected chi connectivity index (χ1v) is 8.64. The lowest BCUT2D eigenvalue weighted by atomic mass is 9.74. The van der Waals surface area contributed by atoms with Gasteiger partial charge in [-0.1, -0.05) is 5.16 Å². The van der Waals surface area contributed by atoms with Gasteiger partial charge in [-0.05, 0) is 46.2 Å². The molecule has 6 nitrogen and oxygen atoms in total. The highest BCUT2D eigenvalue weighted by atomic mass is 16.5. The third-order valence-electron chi connectivity index (χ3n) is 4.90. The summed E-state index contributed by atoms with van der Waals surface area (Å²) in [5.74, 6) is 1.28. The van der Waals surface area contributed by atoms with Crippen molar-refractivity contribution >= 4 is 5.91 Å². The predicted molar refractivity (Wildman–Crippen MR) is 86.2 cm³/mol. The van der Waals surface area contributed by atoms with E-state index in [1.165, 1.54) is 0 Å². The van der Waals surface area contributed by atoms with Gasteiger partial charge in [-0.15, -0.1) is 0 Å². The topological polar surface area (TPSA) is 76.4 Å². The third kappa shape index (κ3) is 3.75. The van der Waals surface area contributed by atoms with Gasteiger partial charge in [-0.2, -0.15) is 0 Å². The SMILES string of the molecule is CC(C)NC(=O)C1(Cc2cc([C@H]3CCOC3)no2)CCNCC1. The van der Waals surface area contributed by atoms with Crippen LogP contribution in [0.1, 0.15) is 50.5 Å². The zero-order chi connectivity index (χ0) is 16.3. The van der Waals surface area contributed by atoms with E-state index in [1.54, 1.807) is 0 Å². The Morgan fingerprint density at radius 3 is 2.91 bits per heavy atom. The van der Waals surface area contributed by atoms with Crippen LogP contribution in [0.3, 0.4) is 0 Å². The quantitative estimate of drug-likeness (QED) is 0.862. The third-order valence-corrected chi connectivity index (χ3v) is 4.90. The molecule has 2 aliphatic heterocycles. The van der Waals surface area contributed by atoms with Crippen molar-refractivity contribution in [2.75, 3.05) is 26.3 Å². The van der Waals surface area contributed by atoms with Gasteiger partial charge in [0.15, 0.2) is 0 Å². The van der Waals surface area contributed by atoms with Crippen LogP contribution in [0.25, 0.3) is 0 Å². The molecule has 1 atom stereocenters. The van der Waals surface area contributed by atoms with Crippen LogP contribution in [0.15, 0.2) is 10.6 Å². The molecule has 3 heterocycles. The molecule has 0 aliphatic carbocycles. The van der Waals surface area contributed by atoms with E-state index in [1.807, 2.05) is 19.9 Å². The average molecular weight is 321 g/mol. The van der Waals surface area contributed by atoms with Crippen LogP contribution in [-0.4, -0.2) is 43.4 Å². The standard InChI is InChI=1S/C17H27N3O3/c1-12(2)19-16(21)17(4-6-18-7-5-17)10-14-9-15(20-23-14)13-3-8-22-11-13/h9,12-13,18H,3-8,10-11H2,1-2H3,(H,19,21)/t13-/m0/s1. The molecule has 6 heteroatoms. The van der Waals surface area contributed by atoms with Gasteiger partial charge in [0.1, 0.15) is 5.76 Å². The zero-order valence-electron chi connectivity index (χ0n) is 14.1. The fourth-order valence-electron chi connectivity index (χ4n) is 3.51. The first-order valence-electron chi connectivity index (χ1n) is 8.64. The van der Waals surface area contributed by atoms with Crippen molar-refractivity contribution in [3.05, 3.63) is 17.5 Å². The number of ether oxygens (including phenoxy) is 1. The summed E-state index contributed by atoms with van der Waals surface area (Å²) in [6.45, 7) is 7.23. The molecule has 2 fully saturated rings. The molecule has 0 saturated carbocycles. The summed E-state index contributed by atoms with van der Waals surface area (Å²) in [5.41, 5.74) is 0.573. The van der Waals surface area contributed by atoms with Crippen molar-refractivity contribution in [2.45, 2.75) is 51.5 Å². The predicted octanol–water partition coefficient (Wildman–Crippen LogP) is 1.62. The van der Waals surface area contributed by atoms with E-state index >= 15 is 0 Å². The molecule has 2 N–H and O–H groups in total. The molecule has 0 aromatic carbocycles. The molecule has 128 valence electrons. The van der Waals surface area contributed by atoms with Gasteiger partial charge >= 0.3 is 0 Å². The summed E-state index contributed by atoms with van der Waals surface area (Å²) in [6, 6.07) is 2.17. The molecular formula is C17H27N3O3. The number of piperidine rings is 1. The highest BCUT2D eigenvalue weighted by molar-refractivity contribution is 5.83. The Morgan fingerprint density at radius 1 is 1.48 bits per heavy atom. The van der Waals surface area contributed by atoms with Gasteiger partial charge in [-0.25, -0.2) is 0 Å². The number of rotatable bonds is 5. The molecule has 2 saturated heterocycles. The maximum atomic E-state index is 12.8. The van der Waals surface area contributed by atoms with Gasteiger partial charge in [-0.3, -0.25) is 4.79 Å². The minimum Gasteiger partial charge on any atom is -0.381 e. The fourth-order valence-corrected chi connectivity index (χ4v) is 3.51. The number of carbonyl (C=O) groups is 1. The Labute approximate surface area is 137 Å². The lowest BCUT2D eigenvalue weighted by Gasteiger charge is -2.36. The van der Waals surface area contributed by atoms with Crippen LogP contribution < -0.4 is 10.6 Å². The van der Waals surface area contributed by atoms with Crippen molar-refractivity contribution in [1.82, 2.24) is 15.8 Å². The van der Waals surface area contributed by atoms with Crippen molar-refractivity contribution in [2.24, 2.45) is 5.41 Å².